The fourth-order valence-electron chi connectivity index (χ4n) is 5.14. The van der Waals surface area contributed by atoms with Crippen molar-refractivity contribution in [3.05, 3.63) is 99.4 Å². The molecule has 0 saturated carbocycles. The van der Waals surface area contributed by atoms with E-state index in [1.54, 1.807) is 11.8 Å². The SMILES string of the molecule is CO[C@H]1c2ccc(Oc3ccn(C)n3)cc2[C@@H](C)c2cc(C(=O)NCc3c(C)cc(N)nc3C)ccc21. The molecule has 0 radical (unpaired) electrons. The Kier molecular flexibility index (Phi) is 6.43. The maximum Gasteiger partial charge on any atom is 0.251 e. The van der Waals surface area contributed by atoms with Crippen molar-refractivity contribution in [2.45, 2.75) is 39.3 Å². The summed E-state index contributed by atoms with van der Waals surface area (Å²) >= 11 is 0. The molecule has 5 rings (SSSR count). The predicted molar refractivity (Wildman–Crippen MR) is 142 cm³/mol. The van der Waals surface area contributed by atoms with Crippen LogP contribution in [0.3, 0.4) is 0 Å². The molecule has 0 saturated heterocycles. The van der Waals surface area contributed by atoms with Gasteiger partial charge < -0.3 is 20.5 Å². The van der Waals surface area contributed by atoms with Crippen LogP contribution < -0.4 is 15.8 Å². The molecule has 8 heteroatoms. The second-order valence-corrected chi connectivity index (χ2v) is 9.51. The van der Waals surface area contributed by atoms with Gasteiger partial charge in [0.05, 0.1) is 0 Å². The van der Waals surface area contributed by atoms with Crippen molar-refractivity contribution in [3.8, 4) is 11.6 Å². The molecule has 3 N–H and O–H groups in total. The summed E-state index contributed by atoms with van der Waals surface area (Å²) in [5.41, 5.74) is 13.6. The van der Waals surface area contributed by atoms with Gasteiger partial charge in [-0.05, 0) is 77.6 Å². The molecule has 190 valence electrons. The van der Waals surface area contributed by atoms with Crippen molar-refractivity contribution in [2.24, 2.45) is 7.05 Å². The first-order valence-electron chi connectivity index (χ1n) is 12.2. The molecule has 1 amide bonds. The number of nitrogens with two attached hydrogens (primary N) is 1. The molecule has 2 heterocycles. The van der Waals surface area contributed by atoms with Crippen LogP contribution in [0.1, 0.15) is 68.4 Å². The molecular formula is C29H31N5O3. The number of ether oxygens (including phenoxy) is 2. The van der Waals surface area contributed by atoms with Gasteiger partial charge in [-0.15, -0.1) is 5.10 Å². The van der Waals surface area contributed by atoms with Gasteiger partial charge >= 0.3 is 0 Å². The number of aryl methyl sites for hydroxylation is 3. The summed E-state index contributed by atoms with van der Waals surface area (Å²) in [6.45, 7) is 6.40. The number of fused-ring (bicyclic) bond motifs is 2. The first kappa shape index (κ1) is 24.5. The van der Waals surface area contributed by atoms with Gasteiger partial charge in [0, 0.05) is 50.1 Å². The molecule has 0 unspecified atom stereocenters. The summed E-state index contributed by atoms with van der Waals surface area (Å²) in [7, 11) is 3.56. The molecular weight excluding hydrogens is 466 g/mol. The van der Waals surface area contributed by atoms with Crippen molar-refractivity contribution in [2.75, 3.05) is 12.8 Å². The number of benzene rings is 2. The molecule has 0 bridgehead atoms. The smallest absolute Gasteiger partial charge is 0.251 e. The fraction of sp³-hybridized carbons (Fsp3) is 0.276. The molecule has 4 aromatic rings. The molecule has 1 aliphatic carbocycles. The first-order chi connectivity index (χ1) is 17.7. The zero-order valence-electron chi connectivity index (χ0n) is 21.7. The summed E-state index contributed by atoms with van der Waals surface area (Å²) < 4.78 is 13.6. The monoisotopic (exact) mass is 497 g/mol. The second kappa shape index (κ2) is 9.71. The van der Waals surface area contributed by atoms with Gasteiger partial charge in [0.15, 0.2) is 0 Å². The van der Waals surface area contributed by atoms with Crippen molar-refractivity contribution < 1.29 is 14.3 Å². The number of aromatic nitrogens is 3. The van der Waals surface area contributed by atoms with E-state index in [-0.39, 0.29) is 17.9 Å². The number of rotatable bonds is 6. The summed E-state index contributed by atoms with van der Waals surface area (Å²) in [5, 5.41) is 7.35. The van der Waals surface area contributed by atoms with Gasteiger partial charge in [-0.1, -0.05) is 19.1 Å². The Balaban J connectivity index is 1.41. The summed E-state index contributed by atoms with van der Waals surface area (Å²) in [6, 6.07) is 15.5. The van der Waals surface area contributed by atoms with Gasteiger partial charge in [-0.2, -0.15) is 0 Å². The zero-order valence-corrected chi connectivity index (χ0v) is 21.7. The number of nitrogens with one attached hydrogen (secondary N) is 1. The number of nitrogen functional groups attached to an aromatic ring is 1. The van der Waals surface area contributed by atoms with E-state index in [0.29, 0.717) is 29.6 Å². The van der Waals surface area contributed by atoms with Crippen LogP contribution in [0.15, 0.2) is 54.7 Å². The van der Waals surface area contributed by atoms with Crippen molar-refractivity contribution in [3.63, 3.8) is 0 Å². The Labute approximate surface area is 216 Å². The lowest BCUT2D eigenvalue weighted by Gasteiger charge is -2.32. The topological polar surface area (TPSA) is 104 Å². The molecule has 0 aliphatic heterocycles. The summed E-state index contributed by atoms with van der Waals surface area (Å²) in [6.07, 6.45) is 1.61. The number of anilines is 1. The lowest BCUT2D eigenvalue weighted by Crippen LogP contribution is -2.25. The van der Waals surface area contributed by atoms with E-state index in [0.717, 1.165) is 39.1 Å². The van der Waals surface area contributed by atoms with Gasteiger partial charge in [0.1, 0.15) is 17.7 Å². The standard InChI is InChI=1S/C29H31N5O3/c1-16-12-26(30)32-18(3)25(16)15-31-29(35)19-6-8-21-23(13-19)17(2)24-14-20(7-9-22(24)28(21)36-5)37-27-10-11-34(4)33-27/h6-14,17,28H,15H2,1-5H3,(H2,30,32)(H,31,35)/t17-,28+/m0/s1. The number of nitrogens with zero attached hydrogens (tertiary/aromatic N) is 3. The van der Waals surface area contributed by atoms with Crippen LogP contribution in [-0.4, -0.2) is 27.8 Å². The largest absolute Gasteiger partial charge is 0.438 e. The highest BCUT2D eigenvalue weighted by Gasteiger charge is 2.31. The van der Waals surface area contributed by atoms with E-state index in [1.807, 2.05) is 75.6 Å². The quantitative estimate of drug-likeness (QED) is 0.391. The highest BCUT2D eigenvalue weighted by atomic mass is 16.5. The van der Waals surface area contributed by atoms with Crippen LogP contribution in [0.25, 0.3) is 0 Å². The van der Waals surface area contributed by atoms with Gasteiger partial charge in [0.25, 0.3) is 5.91 Å². The van der Waals surface area contributed by atoms with E-state index in [4.69, 9.17) is 15.2 Å². The van der Waals surface area contributed by atoms with Crippen molar-refractivity contribution >= 4 is 11.7 Å². The van der Waals surface area contributed by atoms with Crippen LogP contribution in [0.2, 0.25) is 0 Å². The van der Waals surface area contributed by atoms with E-state index in [2.05, 4.69) is 22.3 Å². The van der Waals surface area contributed by atoms with E-state index < -0.39 is 0 Å². The predicted octanol–water partition coefficient (Wildman–Crippen LogP) is 4.94. The number of methoxy groups -OCH3 is 1. The molecule has 1 aliphatic rings. The Morgan fingerprint density at radius 3 is 2.46 bits per heavy atom. The third-order valence-corrected chi connectivity index (χ3v) is 7.05. The molecule has 37 heavy (non-hydrogen) atoms. The first-order valence-corrected chi connectivity index (χ1v) is 12.2. The highest BCUT2D eigenvalue weighted by molar-refractivity contribution is 5.94. The van der Waals surface area contributed by atoms with Crippen LogP contribution in [0.5, 0.6) is 11.6 Å². The average Bonchev–Trinajstić information content (AvgIpc) is 3.28. The fourth-order valence-corrected chi connectivity index (χ4v) is 5.14. The van der Waals surface area contributed by atoms with E-state index in [1.165, 1.54) is 0 Å². The molecule has 2 aromatic heterocycles. The van der Waals surface area contributed by atoms with Crippen LogP contribution >= 0.6 is 0 Å². The number of hydrogen-bond donors (Lipinski definition) is 2. The third-order valence-electron chi connectivity index (χ3n) is 7.05. The minimum Gasteiger partial charge on any atom is -0.438 e. The number of pyridine rings is 1. The maximum atomic E-state index is 13.1. The van der Waals surface area contributed by atoms with Crippen molar-refractivity contribution in [1.82, 2.24) is 20.1 Å². The Morgan fingerprint density at radius 2 is 1.78 bits per heavy atom. The molecule has 2 aromatic carbocycles. The number of amides is 1. The third kappa shape index (κ3) is 4.68. The van der Waals surface area contributed by atoms with Crippen LogP contribution in [-0.2, 0) is 18.3 Å². The normalized spacial score (nSPS) is 16.1. The minimum atomic E-state index is -0.228. The summed E-state index contributed by atoms with van der Waals surface area (Å²) in [5.74, 6) is 1.63. The maximum absolute atomic E-state index is 13.1. The Bertz CT molecular complexity index is 1470. The summed E-state index contributed by atoms with van der Waals surface area (Å²) in [4.78, 5) is 17.5. The van der Waals surface area contributed by atoms with E-state index in [9.17, 15) is 4.79 Å². The van der Waals surface area contributed by atoms with Gasteiger partial charge in [0.2, 0.25) is 5.88 Å². The zero-order chi connectivity index (χ0) is 26.3. The molecule has 2 atom stereocenters. The van der Waals surface area contributed by atoms with Crippen LogP contribution in [0, 0.1) is 13.8 Å². The highest BCUT2D eigenvalue weighted by Crippen LogP contribution is 2.45. The number of carbonyl (C=O) groups excluding carboxylic acids is 1. The Hall–Kier alpha value is -4.17. The number of carbonyl (C=O) groups is 1. The molecule has 0 fully saturated rings. The van der Waals surface area contributed by atoms with Gasteiger partial charge in [-0.3, -0.25) is 9.48 Å². The number of hydrogen-bond acceptors (Lipinski definition) is 6. The van der Waals surface area contributed by atoms with Crippen LogP contribution in [0.4, 0.5) is 5.82 Å². The Morgan fingerprint density at radius 1 is 1.05 bits per heavy atom. The lowest BCUT2D eigenvalue weighted by molar-refractivity contribution is 0.0950. The molecule has 8 nitrogen and oxygen atoms in total. The molecule has 0 spiro atoms. The second-order valence-electron chi connectivity index (χ2n) is 9.51. The average molecular weight is 498 g/mol. The van der Waals surface area contributed by atoms with Gasteiger partial charge in [-0.25, -0.2) is 4.98 Å². The minimum absolute atomic E-state index is 0.0437. The van der Waals surface area contributed by atoms with E-state index >= 15 is 0 Å². The lowest BCUT2D eigenvalue weighted by atomic mass is 9.76. The van der Waals surface area contributed by atoms with Crippen molar-refractivity contribution in [1.29, 1.82) is 0 Å².